The maximum absolute atomic E-state index is 9.08. The van der Waals surface area contributed by atoms with Crippen molar-refractivity contribution in [1.82, 2.24) is 10.3 Å². The molecule has 1 saturated heterocycles. The first-order chi connectivity index (χ1) is 7.72. The summed E-state index contributed by atoms with van der Waals surface area (Å²) in [4.78, 5) is 6.41. The van der Waals surface area contributed by atoms with Crippen molar-refractivity contribution in [3.63, 3.8) is 0 Å². The zero-order chi connectivity index (χ0) is 11.5. The molecule has 0 spiro atoms. The van der Waals surface area contributed by atoms with Gasteiger partial charge in [-0.2, -0.15) is 5.26 Å². The van der Waals surface area contributed by atoms with E-state index in [0.29, 0.717) is 11.6 Å². The first-order valence-electron chi connectivity index (χ1n) is 5.21. The highest BCUT2D eigenvalue weighted by Gasteiger charge is 2.22. The first-order valence-corrected chi connectivity index (χ1v) is 6.01. The topological polar surface area (TPSA) is 52.0 Å². The molecule has 0 bridgehead atoms. The number of hydrogen-bond acceptors (Lipinski definition) is 4. The number of pyridine rings is 1. The number of anilines is 1. The summed E-state index contributed by atoms with van der Waals surface area (Å²) >= 11 is 3.33. The van der Waals surface area contributed by atoms with Crippen LogP contribution in [-0.2, 0) is 0 Å². The predicted molar refractivity (Wildman–Crippen MR) is 66.3 cm³/mol. The summed E-state index contributed by atoms with van der Waals surface area (Å²) in [5.74, 6) is 0.763. The van der Waals surface area contributed by atoms with Crippen LogP contribution in [0, 0.1) is 11.3 Å². The third-order valence-corrected chi connectivity index (χ3v) is 3.30. The van der Waals surface area contributed by atoms with E-state index in [1.54, 1.807) is 12.3 Å². The lowest BCUT2D eigenvalue weighted by molar-refractivity contribution is 0.677. The van der Waals surface area contributed by atoms with Gasteiger partial charge in [0.25, 0.3) is 0 Å². The Morgan fingerprint density at radius 1 is 1.69 bits per heavy atom. The van der Waals surface area contributed by atoms with E-state index >= 15 is 0 Å². The van der Waals surface area contributed by atoms with Crippen LogP contribution in [0.1, 0.15) is 12.0 Å². The molecular formula is C11H13BrN4. The molecule has 1 atom stereocenters. The monoisotopic (exact) mass is 280 g/mol. The summed E-state index contributed by atoms with van der Waals surface area (Å²) in [5, 5.41) is 12.4. The summed E-state index contributed by atoms with van der Waals surface area (Å²) in [5.41, 5.74) is 0.615. The molecule has 1 fully saturated rings. The number of rotatable bonds is 2. The third kappa shape index (κ3) is 2.18. The molecule has 1 N–H and O–H groups in total. The van der Waals surface area contributed by atoms with E-state index in [1.807, 2.05) is 7.05 Å². The summed E-state index contributed by atoms with van der Waals surface area (Å²) in [6.07, 6.45) is 2.83. The van der Waals surface area contributed by atoms with Crippen molar-refractivity contribution in [3.05, 3.63) is 22.3 Å². The van der Waals surface area contributed by atoms with Gasteiger partial charge >= 0.3 is 0 Å². The Morgan fingerprint density at radius 2 is 2.50 bits per heavy atom. The van der Waals surface area contributed by atoms with Crippen LogP contribution >= 0.6 is 15.9 Å². The molecule has 1 aliphatic rings. The van der Waals surface area contributed by atoms with Crippen molar-refractivity contribution in [2.45, 2.75) is 12.5 Å². The van der Waals surface area contributed by atoms with Gasteiger partial charge in [-0.1, -0.05) is 0 Å². The van der Waals surface area contributed by atoms with Crippen molar-refractivity contribution in [2.24, 2.45) is 0 Å². The van der Waals surface area contributed by atoms with Crippen molar-refractivity contribution >= 4 is 21.7 Å². The van der Waals surface area contributed by atoms with E-state index in [2.05, 4.69) is 37.2 Å². The standard InChI is InChI=1S/C11H13BrN4/c1-16(10-2-3-14-7-10)11-8(5-13)4-9(12)6-15-11/h4,6,10,14H,2-3,7H2,1H3. The fourth-order valence-electron chi connectivity index (χ4n) is 1.94. The van der Waals surface area contributed by atoms with Crippen LogP contribution in [0.2, 0.25) is 0 Å². The van der Waals surface area contributed by atoms with Crippen LogP contribution in [0.5, 0.6) is 0 Å². The van der Waals surface area contributed by atoms with Crippen molar-refractivity contribution in [2.75, 3.05) is 25.0 Å². The lowest BCUT2D eigenvalue weighted by Crippen LogP contribution is -2.34. The molecule has 5 heteroatoms. The average Bonchev–Trinajstić information content (AvgIpc) is 2.81. The Bertz CT molecular complexity index is 420. The number of nitrogens with one attached hydrogen (secondary N) is 1. The second kappa shape index (κ2) is 4.81. The third-order valence-electron chi connectivity index (χ3n) is 2.87. The number of nitriles is 1. The summed E-state index contributed by atoms with van der Waals surface area (Å²) in [6, 6.07) is 4.42. The fraction of sp³-hybridized carbons (Fsp3) is 0.455. The highest BCUT2D eigenvalue weighted by Crippen LogP contribution is 2.22. The molecule has 4 nitrogen and oxygen atoms in total. The second-order valence-electron chi connectivity index (χ2n) is 3.89. The van der Waals surface area contributed by atoms with Crippen LogP contribution in [0.4, 0.5) is 5.82 Å². The van der Waals surface area contributed by atoms with E-state index in [-0.39, 0.29) is 0 Å². The Balaban J connectivity index is 2.28. The summed E-state index contributed by atoms with van der Waals surface area (Å²) in [6.45, 7) is 1.99. The molecule has 2 rings (SSSR count). The number of nitrogens with zero attached hydrogens (tertiary/aromatic N) is 3. The normalized spacial score (nSPS) is 19.4. The maximum atomic E-state index is 9.08. The average molecular weight is 281 g/mol. The van der Waals surface area contributed by atoms with Crippen LogP contribution in [0.15, 0.2) is 16.7 Å². The number of halogens is 1. The van der Waals surface area contributed by atoms with Gasteiger partial charge < -0.3 is 10.2 Å². The number of hydrogen-bond donors (Lipinski definition) is 1. The maximum Gasteiger partial charge on any atom is 0.146 e. The lowest BCUT2D eigenvalue weighted by atomic mass is 10.2. The zero-order valence-electron chi connectivity index (χ0n) is 9.07. The first kappa shape index (κ1) is 11.4. The zero-order valence-corrected chi connectivity index (χ0v) is 10.7. The fourth-order valence-corrected chi connectivity index (χ4v) is 2.27. The van der Waals surface area contributed by atoms with Crippen LogP contribution in [-0.4, -0.2) is 31.2 Å². The van der Waals surface area contributed by atoms with Gasteiger partial charge in [-0.05, 0) is 35.0 Å². The van der Waals surface area contributed by atoms with Gasteiger partial charge in [0.05, 0.1) is 5.56 Å². The molecule has 0 aliphatic carbocycles. The summed E-state index contributed by atoms with van der Waals surface area (Å²) < 4.78 is 0.839. The van der Waals surface area contributed by atoms with Gasteiger partial charge in [0.1, 0.15) is 11.9 Å². The van der Waals surface area contributed by atoms with E-state index in [9.17, 15) is 0 Å². The molecule has 16 heavy (non-hydrogen) atoms. The smallest absolute Gasteiger partial charge is 0.146 e. The minimum Gasteiger partial charge on any atom is -0.354 e. The molecule has 0 saturated carbocycles. The second-order valence-corrected chi connectivity index (χ2v) is 4.81. The molecular weight excluding hydrogens is 268 g/mol. The Hall–Kier alpha value is -1.12. The van der Waals surface area contributed by atoms with Crippen LogP contribution < -0.4 is 10.2 Å². The van der Waals surface area contributed by atoms with Gasteiger partial charge in [-0.15, -0.1) is 0 Å². The SMILES string of the molecule is CN(c1ncc(Br)cc1C#N)C1CCNC1. The van der Waals surface area contributed by atoms with Crippen molar-refractivity contribution in [1.29, 1.82) is 5.26 Å². The van der Waals surface area contributed by atoms with Crippen LogP contribution in [0.3, 0.4) is 0 Å². The molecule has 1 aromatic rings. The molecule has 0 radical (unpaired) electrons. The van der Waals surface area contributed by atoms with Crippen LogP contribution in [0.25, 0.3) is 0 Å². The lowest BCUT2D eigenvalue weighted by Gasteiger charge is -2.25. The van der Waals surface area contributed by atoms with Gasteiger partial charge in [-0.25, -0.2) is 4.98 Å². The molecule has 1 aromatic heterocycles. The molecule has 2 heterocycles. The molecule has 1 unspecified atom stereocenters. The highest BCUT2D eigenvalue weighted by molar-refractivity contribution is 9.10. The summed E-state index contributed by atoms with van der Waals surface area (Å²) in [7, 11) is 1.99. The number of aromatic nitrogens is 1. The quantitative estimate of drug-likeness (QED) is 0.893. The Morgan fingerprint density at radius 3 is 3.12 bits per heavy atom. The molecule has 1 aliphatic heterocycles. The minimum atomic E-state index is 0.431. The molecule has 84 valence electrons. The van der Waals surface area contributed by atoms with Gasteiger partial charge in [0.2, 0.25) is 0 Å². The molecule has 0 aromatic carbocycles. The van der Waals surface area contributed by atoms with Crippen molar-refractivity contribution in [3.8, 4) is 6.07 Å². The highest BCUT2D eigenvalue weighted by atomic mass is 79.9. The largest absolute Gasteiger partial charge is 0.354 e. The number of likely N-dealkylation sites (N-methyl/N-ethyl adjacent to an activating group) is 1. The molecule has 0 amide bonds. The Kier molecular flexibility index (Phi) is 3.42. The van der Waals surface area contributed by atoms with Crippen molar-refractivity contribution < 1.29 is 0 Å². The van der Waals surface area contributed by atoms with Gasteiger partial charge in [-0.3, -0.25) is 0 Å². The van der Waals surface area contributed by atoms with Gasteiger partial charge in [0, 0.05) is 30.3 Å². The minimum absolute atomic E-state index is 0.431. The van der Waals surface area contributed by atoms with E-state index < -0.39 is 0 Å². The van der Waals surface area contributed by atoms with Gasteiger partial charge in [0.15, 0.2) is 0 Å². The van der Waals surface area contributed by atoms with E-state index in [1.165, 1.54) is 0 Å². The predicted octanol–water partition coefficient (Wildman–Crippen LogP) is 1.51. The Labute approximate surface area is 103 Å². The van der Waals surface area contributed by atoms with E-state index in [0.717, 1.165) is 29.8 Å². The van der Waals surface area contributed by atoms with E-state index in [4.69, 9.17) is 5.26 Å².